The van der Waals surface area contributed by atoms with E-state index in [1.54, 1.807) is 0 Å². The van der Waals surface area contributed by atoms with E-state index in [0.717, 1.165) is 11.4 Å². The van der Waals surface area contributed by atoms with Crippen LogP contribution in [0.4, 0.5) is 11.4 Å². The van der Waals surface area contributed by atoms with Crippen molar-refractivity contribution in [3.05, 3.63) is 66.1 Å². The van der Waals surface area contributed by atoms with Crippen molar-refractivity contribution >= 4 is 34.6 Å². The summed E-state index contributed by atoms with van der Waals surface area (Å²) in [6.45, 7) is 4.13. The van der Waals surface area contributed by atoms with Crippen molar-refractivity contribution in [3.63, 3.8) is 0 Å². The van der Waals surface area contributed by atoms with Crippen molar-refractivity contribution < 1.29 is 0 Å². The number of halogens is 2. The number of hydrogen-bond acceptors (Lipinski definition) is 2. The van der Waals surface area contributed by atoms with Gasteiger partial charge in [0.25, 0.3) is 0 Å². The number of anilines is 2. The Morgan fingerprint density at radius 3 is 1.39 bits per heavy atom. The summed E-state index contributed by atoms with van der Waals surface area (Å²) in [6, 6.07) is 17.2. The fourth-order valence-electron chi connectivity index (χ4n) is 2.19. The molecule has 0 aliphatic carbocycles. The predicted molar refractivity (Wildman–Crippen MR) is 103 cm³/mol. The Labute approximate surface area is 149 Å². The number of alkyl halides is 2. The Morgan fingerprint density at radius 1 is 0.739 bits per heavy atom. The number of benzene rings is 2. The van der Waals surface area contributed by atoms with Gasteiger partial charge < -0.3 is 10.6 Å². The lowest BCUT2D eigenvalue weighted by atomic mass is 10.0. The highest BCUT2D eigenvalue weighted by Gasteiger charge is 2.03. The minimum absolute atomic E-state index is 0.266. The van der Waals surface area contributed by atoms with Gasteiger partial charge in [-0.25, -0.2) is 0 Å². The van der Waals surface area contributed by atoms with E-state index in [0.29, 0.717) is 11.8 Å². The summed E-state index contributed by atoms with van der Waals surface area (Å²) in [5.74, 6) is 1.19. The Hall–Kier alpha value is -1.38. The van der Waals surface area contributed by atoms with Gasteiger partial charge >= 0.3 is 0 Å². The van der Waals surface area contributed by atoms with Crippen molar-refractivity contribution in [1.82, 2.24) is 0 Å². The summed E-state index contributed by atoms with van der Waals surface area (Å²) < 4.78 is 0. The second kappa shape index (κ2) is 9.05. The van der Waals surface area contributed by atoms with Gasteiger partial charge in [0.05, 0.1) is 0 Å². The first-order chi connectivity index (χ1) is 11.1. The van der Waals surface area contributed by atoms with E-state index in [1.165, 1.54) is 11.1 Å². The Morgan fingerprint density at radius 2 is 1.09 bits per heavy atom. The van der Waals surface area contributed by atoms with Crippen LogP contribution in [-0.2, 0) is 0 Å². The molecule has 0 aromatic heterocycles. The van der Waals surface area contributed by atoms with Crippen LogP contribution in [0.2, 0.25) is 0 Å². The Kier molecular flexibility index (Phi) is 7.07. The summed E-state index contributed by atoms with van der Waals surface area (Å²) in [4.78, 5) is 0. The summed E-state index contributed by atoms with van der Waals surface area (Å²) in [6.07, 6.45) is 2.16. The minimum Gasteiger partial charge on any atom is -0.381 e. The molecule has 0 aliphatic heterocycles. The summed E-state index contributed by atoms with van der Waals surface area (Å²) in [7, 11) is 0. The second-order valence-electron chi connectivity index (χ2n) is 5.79. The summed E-state index contributed by atoms with van der Waals surface area (Å²) >= 11 is 11.6. The molecule has 0 saturated carbocycles. The molecule has 0 bridgehead atoms. The molecule has 0 spiro atoms. The van der Waals surface area contributed by atoms with Crippen LogP contribution in [-0.4, -0.2) is 23.8 Å². The first kappa shape index (κ1) is 18.0. The van der Waals surface area contributed by atoms with Crippen molar-refractivity contribution in [2.75, 3.05) is 22.4 Å². The molecule has 1 radical (unpaired) electrons. The first-order valence-electron chi connectivity index (χ1n) is 7.80. The third-order valence-electron chi connectivity index (χ3n) is 3.44. The molecular weight excluding hydrogens is 327 g/mol. The van der Waals surface area contributed by atoms with E-state index >= 15 is 0 Å². The SMILES string of the molecule is CC(CCl)Nc1ccc([CH]c2ccc(NC(C)CCl)cc2)cc1. The topological polar surface area (TPSA) is 24.1 Å². The van der Waals surface area contributed by atoms with Gasteiger partial charge in [0, 0.05) is 41.6 Å². The van der Waals surface area contributed by atoms with Crippen molar-refractivity contribution in [3.8, 4) is 0 Å². The van der Waals surface area contributed by atoms with E-state index in [2.05, 4.69) is 79.4 Å². The van der Waals surface area contributed by atoms with Gasteiger partial charge in [-0.3, -0.25) is 0 Å². The molecule has 2 N–H and O–H groups in total. The van der Waals surface area contributed by atoms with Gasteiger partial charge in [0.2, 0.25) is 0 Å². The van der Waals surface area contributed by atoms with E-state index in [-0.39, 0.29) is 12.1 Å². The van der Waals surface area contributed by atoms with E-state index < -0.39 is 0 Å². The van der Waals surface area contributed by atoms with Gasteiger partial charge in [-0.05, 0) is 49.2 Å². The highest BCUT2D eigenvalue weighted by atomic mass is 35.5. The lowest BCUT2D eigenvalue weighted by Gasteiger charge is -2.13. The molecule has 2 atom stereocenters. The zero-order valence-electron chi connectivity index (χ0n) is 13.5. The lowest BCUT2D eigenvalue weighted by molar-refractivity contribution is 0.908. The number of rotatable bonds is 8. The molecule has 2 aromatic carbocycles. The minimum atomic E-state index is 0.266. The van der Waals surface area contributed by atoms with Crippen LogP contribution < -0.4 is 10.6 Å². The fraction of sp³-hybridized carbons (Fsp3) is 0.316. The molecule has 123 valence electrons. The molecule has 0 aliphatic rings. The molecule has 2 rings (SSSR count). The van der Waals surface area contributed by atoms with Crippen LogP contribution >= 0.6 is 23.2 Å². The molecule has 2 nitrogen and oxygen atoms in total. The Balaban J connectivity index is 1.94. The van der Waals surface area contributed by atoms with E-state index in [4.69, 9.17) is 23.2 Å². The zero-order valence-corrected chi connectivity index (χ0v) is 15.0. The molecule has 2 unspecified atom stereocenters. The molecule has 0 amide bonds. The molecule has 0 fully saturated rings. The van der Waals surface area contributed by atoms with Gasteiger partial charge in [-0.2, -0.15) is 0 Å². The summed E-state index contributed by atoms with van der Waals surface area (Å²) in [5.41, 5.74) is 4.52. The molecule has 0 saturated heterocycles. The van der Waals surface area contributed by atoms with Crippen LogP contribution in [0.3, 0.4) is 0 Å². The van der Waals surface area contributed by atoms with Crippen LogP contribution in [0.5, 0.6) is 0 Å². The van der Waals surface area contributed by atoms with Crippen LogP contribution in [0, 0.1) is 6.42 Å². The third kappa shape index (κ3) is 5.96. The van der Waals surface area contributed by atoms with Crippen molar-refractivity contribution in [1.29, 1.82) is 0 Å². The van der Waals surface area contributed by atoms with Crippen LogP contribution in [0.25, 0.3) is 0 Å². The average molecular weight is 350 g/mol. The maximum Gasteiger partial charge on any atom is 0.0423 e. The summed E-state index contributed by atoms with van der Waals surface area (Å²) in [5, 5.41) is 6.70. The number of hydrogen-bond donors (Lipinski definition) is 2. The fourth-order valence-corrected chi connectivity index (χ4v) is 2.34. The van der Waals surface area contributed by atoms with Gasteiger partial charge in [0.1, 0.15) is 0 Å². The standard InChI is InChI=1S/C19H23Cl2N2/c1-14(12-20)22-18-7-3-16(4-8-18)11-17-5-9-19(10-6-17)23-15(2)13-21/h3-11,14-15,22-23H,12-13H2,1-2H3. The molecule has 2 aromatic rings. The third-order valence-corrected chi connectivity index (χ3v) is 4.37. The zero-order chi connectivity index (χ0) is 16.7. The molecule has 0 heterocycles. The maximum absolute atomic E-state index is 5.81. The van der Waals surface area contributed by atoms with Crippen molar-refractivity contribution in [2.45, 2.75) is 25.9 Å². The largest absolute Gasteiger partial charge is 0.381 e. The normalized spacial score (nSPS) is 13.4. The van der Waals surface area contributed by atoms with Crippen LogP contribution in [0.1, 0.15) is 25.0 Å². The van der Waals surface area contributed by atoms with Gasteiger partial charge in [-0.1, -0.05) is 24.3 Å². The Bertz CT molecular complexity index is 528. The van der Waals surface area contributed by atoms with Crippen molar-refractivity contribution in [2.24, 2.45) is 0 Å². The van der Waals surface area contributed by atoms with Crippen LogP contribution in [0.15, 0.2) is 48.5 Å². The van der Waals surface area contributed by atoms with E-state index in [9.17, 15) is 0 Å². The number of nitrogens with one attached hydrogen (secondary N) is 2. The maximum atomic E-state index is 5.81. The van der Waals surface area contributed by atoms with Gasteiger partial charge in [-0.15, -0.1) is 23.2 Å². The smallest absolute Gasteiger partial charge is 0.0423 e. The molecular formula is C19H23Cl2N2. The predicted octanol–water partition coefficient (Wildman–Crippen LogP) is 5.37. The first-order valence-corrected chi connectivity index (χ1v) is 8.87. The monoisotopic (exact) mass is 349 g/mol. The molecule has 4 heteroatoms. The lowest BCUT2D eigenvalue weighted by Crippen LogP contribution is -2.16. The highest BCUT2D eigenvalue weighted by Crippen LogP contribution is 2.18. The quantitative estimate of drug-likeness (QED) is 0.626. The average Bonchev–Trinajstić information content (AvgIpc) is 2.58. The van der Waals surface area contributed by atoms with Gasteiger partial charge in [0.15, 0.2) is 0 Å². The molecule has 23 heavy (non-hydrogen) atoms. The second-order valence-corrected chi connectivity index (χ2v) is 6.40. The highest BCUT2D eigenvalue weighted by molar-refractivity contribution is 6.18. The van der Waals surface area contributed by atoms with E-state index in [1.807, 2.05) is 0 Å².